The van der Waals surface area contributed by atoms with Crippen LogP contribution in [0.3, 0.4) is 0 Å². The minimum absolute atomic E-state index is 0.191. The number of aryl methyl sites for hydroxylation is 1. The van der Waals surface area contributed by atoms with Crippen LogP contribution >= 0.6 is 58.0 Å². The smallest absolute Gasteiger partial charge is 0.329 e. The zero-order valence-electron chi connectivity index (χ0n) is 16.4. The van der Waals surface area contributed by atoms with Crippen molar-refractivity contribution in [3.8, 4) is 0 Å². The van der Waals surface area contributed by atoms with E-state index in [1.165, 1.54) is 6.92 Å². The van der Waals surface area contributed by atoms with Gasteiger partial charge < -0.3 is 10.1 Å². The van der Waals surface area contributed by atoms with E-state index >= 15 is 0 Å². The van der Waals surface area contributed by atoms with Gasteiger partial charge in [0.1, 0.15) is 6.04 Å². The van der Waals surface area contributed by atoms with Gasteiger partial charge in [-0.3, -0.25) is 19.3 Å². The third-order valence-electron chi connectivity index (χ3n) is 4.66. The lowest BCUT2D eigenvalue weighted by atomic mass is 10.1. The Balaban J connectivity index is 1.70. The van der Waals surface area contributed by atoms with Gasteiger partial charge in [0.15, 0.2) is 6.61 Å². The SMILES string of the molecule is Cc1ccc(NC(=O)COC(=O)[C@H](C)N2C(=O)c3c(Cl)c(Cl)c(Cl)c(Cl)c3C2=O)cc1Cl. The summed E-state index contributed by atoms with van der Waals surface area (Å²) in [4.78, 5) is 50.7. The van der Waals surface area contributed by atoms with Crippen molar-refractivity contribution >= 4 is 87.4 Å². The van der Waals surface area contributed by atoms with Crippen LogP contribution in [0.2, 0.25) is 25.1 Å². The first-order chi connectivity index (χ1) is 15.0. The van der Waals surface area contributed by atoms with Gasteiger partial charge in [-0.1, -0.05) is 64.1 Å². The number of esters is 1. The molecule has 0 radical (unpaired) electrons. The van der Waals surface area contributed by atoms with Gasteiger partial charge in [-0.2, -0.15) is 0 Å². The van der Waals surface area contributed by atoms with Crippen LogP contribution in [0.5, 0.6) is 0 Å². The van der Waals surface area contributed by atoms with Crippen LogP contribution in [-0.2, 0) is 14.3 Å². The van der Waals surface area contributed by atoms with Crippen LogP contribution in [0, 0.1) is 6.92 Å². The van der Waals surface area contributed by atoms with Crippen LogP contribution in [-0.4, -0.2) is 41.2 Å². The Kier molecular flexibility index (Phi) is 7.27. The molecule has 0 aliphatic carbocycles. The van der Waals surface area contributed by atoms with E-state index in [0.29, 0.717) is 15.6 Å². The van der Waals surface area contributed by atoms with Crippen molar-refractivity contribution in [1.29, 1.82) is 0 Å². The Morgan fingerprint density at radius 1 is 0.969 bits per heavy atom. The van der Waals surface area contributed by atoms with Crippen molar-refractivity contribution in [2.45, 2.75) is 19.9 Å². The number of benzene rings is 2. The van der Waals surface area contributed by atoms with Crippen molar-refractivity contribution in [3.05, 3.63) is 60.0 Å². The van der Waals surface area contributed by atoms with Gasteiger partial charge in [-0.25, -0.2) is 4.79 Å². The fourth-order valence-corrected chi connectivity index (χ4v) is 4.14. The second-order valence-corrected chi connectivity index (χ2v) is 8.70. The minimum Gasteiger partial charge on any atom is -0.454 e. The molecule has 0 bridgehead atoms. The maximum Gasteiger partial charge on any atom is 0.329 e. The molecular weight excluding hydrogens is 525 g/mol. The summed E-state index contributed by atoms with van der Waals surface area (Å²) in [7, 11) is 0. The highest BCUT2D eigenvalue weighted by molar-refractivity contribution is 6.55. The van der Waals surface area contributed by atoms with E-state index in [9.17, 15) is 19.2 Å². The fourth-order valence-electron chi connectivity index (χ4n) is 2.95. The van der Waals surface area contributed by atoms with E-state index in [-0.39, 0.29) is 31.2 Å². The van der Waals surface area contributed by atoms with Gasteiger partial charge in [0.2, 0.25) is 0 Å². The maximum absolute atomic E-state index is 12.8. The van der Waals surface area contributed by atoms with Crippen LogP contribution in [0.25, 0.3) is 0 Å². The van der Waals surface area contributed by atoms with Crippen molar-refractivity contribution in [3.63, 3.8) is 0 Å². The second-order valence-electron chi connectivity index (χ2n) is 6.78. The summed E-state index contributed by atoms with van der Waals surface area (Å²) in [6.45, 7) is 2.41. The number of nitrogens with zero attached hydrogens (tertiary/aromatic N) is 1. The maximum atomic E-state index is 12.8. The molecule has 2 aromatic rings. The summed E-state index contributed by atoms with van der Waals surface area (Å²) in [5, 5.41) is 2.08. The summed E-state index contributed by atoms with van der Waals surface area (Å²) in [6, 6.07) is 3.51. The number of fused-ring (bicyclic) bond motifs is 1. The molecule has 12 heteroatoms. The molecular formula is C20H13Cl5N2O5. The highest BCUT2D eigenvalue weighted by Crippen LogP contribution is 2.45. The lowest BCUT2D eigenvalue weighted by Crippen LogP contribution is -2.44. The molecule has 0 spiro atoms. The number of ether oxygens (including phenoxy) is 1. The molecule has 2 aromatic carbocycles. The first-order valence-electron chi connectivity index (χ1n) is 8.92. The Bertz CT molecular complexity index is 1140. The number of hydrogen-bond acceptors (Lipinski definition) is 5. The highest BCUT2D eigenvalue weighted by atomic mass is 35.5. The molecule has 0 aromatic heterocycles. The quantitative estimate of drug-likeness (QED) is 0.237. The van der Waals surface area contributed by atoms with Crippen LogP contribution < -0.4 is 5.32 Å². The zero-order valence-corrected chi connectivity index (χ0v) is 20.2. The number of anilines is 1. The first-order valence-corrected chi connectivity index (χ1v) is 10.8. The normalized spacial score (nSPS) is 13.8. The van der Waals surface area contributed by atoms with Crippen LogP contribution in [0.15, 0.2) is 18.2 Å². The number of hydrogen-bond donors (Lipinski definition) is 1. The Hall–Kier alpha value is -2.03. The monoisotopic (exact) mass is 536 g/mol. The van der Waals surface area contributed by atoms with Crippen molar-refractivity contribution in [2.75, 3.05) is 11.9 Å². The van der Waals surface area contributed by atoms with Crippen LogP contribution in [0.4, 0.5) is 5.69 Å². The van der Waals surface area contributed by atoms with E-state index in [2.05, 4.69) is 5.32 Å². The largest absolute Gasteiger partial charge is 0.454 e. The molecule has 1 atom stereocenters. The number of halogens is 5. The zero-order chi connectivity index (χ0) is 23.9. The Labute approximate surface area is 207 Å². The van der Waals surface area contributed by atoms with E-state index in [1.807, 2.05) is 0 Å². The van der Waals surface area contributed by atoms with E-state index in [1.54, 1.807) is 25.1 Å². The third-order valence-corrected chi connectivity index (χ3v) is 6.87. The molecule has 3 rings (SSSR count). The number of rotatable bonds is 5. The van der Waals surface area contributed by atoms with Crippen molar-refractivity contribution in [2.24, 2.45) is 0 Å². The van der Waals surface area contributed by atoms with E-state index < -0.39 is 36.3 Å². The minimum atomic E-state index is -1.38. The molecule has 1 aliphatic rings. The van der Waals surface area contributed by atoms with Gasteiger partial charge in [0.25, 0.3) is 17.7 Å². The van der Waals surface area contributed by atoms with Gasteiger partial charge >= 0.3 is 5.97 Å². The highest BCUT2D eigenvalue weighted by Gasteiger charge is 2.45. The lowest BCUT2D eigenvalue weighted by molar-refractivity contribution is -0.150. The summed E-state index contributed by atoms with van der Waals surface area (Å²) >= 11 is 30.1. The second kappa shape index (κ2) is 9.45. The predicted octanol–water partition coefficient (Wildman–Crippen LogP) is 5.43. The molecule has 1 heterocycles. The van der Waals surface area contributed by atoms with Gasteiger partial charge in [0, 0.05) is 10.7 Å². The van der Waals surface area contributed by atoms with E-state index in [4.69, 9.17) is 62.7 Å². The standard InChI is InChI=1S/C20H13Cl5N2O5/c1-7-3-4-9(5-10(7)21)26-11(28)6-32-20(31)8(2)27-18(29)12-13(19(27)30)15(23)17(25)16(24)14(12)22/h3-5,8H,6H2,1-2H3,(H,26,28)/t8-/m0/s1. The molecule has 1 N–H and O–H groups in total. The average Bonchev–Trinajstić information content (AvgIpc) is 3.01. The molecule has 1 aliphatic heterocycles. The Morgan fingerprint density at radius 2 is 1.50 bits per heavy atom. The van der Waals surface area contributed by atoms with Crippen molar-refractivity contribution < 1.29 is 23.9 Å². The molecule has 3 amide bonds. The topological polar surface area (TPSA) is 92.8 Å². The molecule has 0 unspecified atom stereocenters. The lowest BCUT2D eigenvalue weighted by Gasteiger charge is -2.20. The summed E-state index contributed by atoms with van der Waals surface area (Å²) in [5.74, 6) is -3.42. The number of imide groups is 1. The molecule has 168 valence electrons. The van der Waals surface area contributed by atoms with Gasteiger partial charge in [-0.15, -0.1) is 0 Å². The molecule has 32 heavy (non-hydrogen) atoms. The summed E-state index contributed by atoms with van der Waals surface area (Å²) in [6.07, 6.45) is 0. The number of amides is 3. The molecule has 7 nitrogen and oxygen atoms in total. The average molecular weight is 539 g/mol. The predicted molar refractivity (Wildman–Crippen MR) is 122 cm³/mol. The Morgan fingerprint density at radius 3 is 2.00 bits per heavy atom. The summed E-state index contributed by atoms with van der Waals surface area (Å²) in [5.41, 5.74) is 0.719. The molecule has 0 fully saturated rings. The number of carbonyl (C=O) groups excluding carboxylic acids is 4. The molecule has 0 saturated heterocycles. The summed E-state index contributed by atoms with van der Waals surface area (Å²) < 4.78 is 4.96. The first kappa shape index (κ1) is 24.6. The van der Waals surface area contributed by atoms with Crippen LogP contribution in [0.1, 0.15) is 33.2 Å². The van der Waals surface area contributed by atoms with Crippen molar-refractivity contribution in [1.82, 2.24) is 4.90 Å². The number of nitrogens with one attached hydrogen (secondary N) is 1. The molecule has 0 saturated carbocycles. The number of carbonyl (C=O) groups is 4. The van der Waals surface area contributed by atoms with Gasteiger partial charge in [0.05, 0.1) is 31.2 Å². The fraction of sp³-hybridized carbons (Fsp3) is 0.200. The van der Waals surface area contributed by atoms with E-state index in [0.717, 1.165) is 5.56 Å². The van der Waals surface area contributed by atoms with Gasteiger partial charge in [-0.05, 0) is 31.5 Å². The third kappa shape index (κ3) is 4.40.